The third-order valence-corrected chi connectivity index (χ3v) is 2.76. The molecule has 0 spiro atoms. The van der Waals surface area contributed by atoms with Crippen LogP contribution >= 0.6 is 0 Å². The molecule has 0 aliphatic carbocycles. The molecular weight excluding hydrogens is 224 g/mol. The average molecular weight is 246 g/mol. The highest BCUT2D eigenvalue weighted by Crippen LogP contribution is 2.18. The normalized spacial score (nSPS) is 12.2. The molecule has 3 nitrogen and oxygen atoms in total. The van der Waals surface area contributed by atoms with Crippen LogP contribution in [0.25, 0.3) is 0 Å². The molecule has 1 aromatic rings. The minimum Gasteiger partial charge on any atom is -0.346 e. The van der Waals surface area contributed by atoms with Gasteiger partial charge in [-0.05, 0) is 37.7 Å². The number of rotatable bonds is 6. The van der Waals surface area contributed by atoms with Crippen LogP contribution in [0.15, 0.2) is 36.9 Å². The van der Waals surface area contributed by atoms with Gasteiger partial charge in [0.1, 0.15) is 0 Å². The Balaban J connectivity index is 2.85. The van der Waals surface area contributed by atoms with E-state index in [1.165, 1.54) is 11.6 Å². The predicted octanol–water partition coefficient (Wildman–Crippen LogP) is 2.50. The first-order chi connectivity index (χ1) is 8.56. The van der Waals surface area contributed by atoms with E-state index in [0.29, 0.717) is 0 Å². The molecule has 0 saturated heterocycles. The summed E-state index contributed by atoms with van der Waals surface area (Å²) in [7, 11) is 4.09. The Morgan fingerprint density at radius 1 is 1.50 bits per heavy atom. The van der Waals surface area contributed by atoms with Gasteiger partial charge in [0.2, 0.25) is 5.91 Å². The third kappa shape index (κ3) is 4.34. The van der Waals surface area contributed by atoms with E-state index in [4.69, 9.17) is 0 Å². The number of hydrogen-bond acceptors (Lipinski definition) is 2. The highest BCUT2D eigenvalue weighted by Gasteiger charge is 2.11. The first-order valence-electron chi connectivity index (χ1n) is 6.23. The van der Waals surface area contributed by atoms with Crippen molar-refractivity contribution in [1.82, 2.24) is 10.2 Å². The van der Waals surface area contributed by atoms with Gasteiger partial charge >= 0.3 is 0 Å². The minimum absolute atomic E-state index is 0.0533. The predicted molar refractivity (Wildman–Crippen MR) is 75.2 cm³/mol. The van der Waals surface area contributed by atoms with Crippen molar-refractivity contribution < 1.29 is 4.79 Å². The Morgan fingerprint density at radius 2 is 2.22 bits per heavy atom. The molecule has 0 aromatic heterocycles. The van der Waals surface area contributed by atoms with Gasteiger partial charge in [-0.25, -0.2) is 0 Å². The average Bonchev–Trinajstić information content (AvgIpc) is 2.35. The fourth-order valence-electron chi connectivity index (χ4n) is 1.93. The Bertz CT molecular complexity index is 413. The zero-order valence-corrected chi connectivity index (χ0v) is 11.4. The van der Waals surface area contributed by atoms with E-state index >= 15 is 0 Å². The summed E-state index contributed by atoms with van der Waals surface area (Å²) in [5.41, 5.74) is 2.40. The number of nitrogens with zero attached hydrogens (tertiary/aromatic N) is 1. The molecule has 1 atom stereocenters. The van der Waals surface area contributed by atoms with E-state index in [0.717, 1.165) is 18.5 Å². The molecule has 3 heteroatoms. The van der Waals surface area contributed by atoms with E-state index in [1.54, 1.807) is 0 Å². The van der Waals surface area contributed by atoms with Crippen molar-refractivity contribution in [3.05, 3.63) is 48.0 Å². The second-order valence-corrected chi connectivity index (χ2v) is 4.66. The summed E-state index contributed by atoms with van der Waals surface area (Å²) in [4.78, 5) is 13.5. The maximum Gasteiger partial charge on any atom is 0.243 e. The first kappa shape index (κ1) is 14.5. The summed E-state index contributed by atoms with van der Waals surface area (Å²) in [6.45, 7) is 6.44. The quantitative estimate of drug-likeness (QED) is 0.782. The van der Waals surface area contributed by atoms with Crippen LogP contribution in [0.4, 0.5) is 0 Å². The van der Waals surface area contributed by atoms with Crippen molar-refractivity contribution in [1.29, 1.82) is 0 Å². The van der Waals surface area contributed by atoms with Gasteiger partial charge in [0.15, 0.2) is 0 Å². The highest BCUT2D eigenvalue weighted by molar-refractivity contribution is 5.87. The number of benzene rings is 1. The highest BCUT2D eigenvalue weighted by atomic mass is 16.1. The standard InChI is InChI=1S/C15H22N2O/c1-5-14(16-15(18)6-2)13-9-7-8-12(10-13)11-17(3)4/h6-10,14H,2,5,11H2,1,3-4H3,(H,16,18). The Hall–Kier alpha value is -1.61. The lowest BCUT2D eigenvalue weighted by Crippen LogP contribution is -2.26. The lowest BCUT2D eigenvalue weighted by molar-refractivity contribution is -0.117. The van der Waals surface area contributed by atoms with E-state index in [-0.39, 0.29) is 11.9 Å². The summed E-state index contributed by atoms with van der Waals surface area (Å²) >= 11 is 0. The number of amides is 1. The summed E-state index contributed by atoms with van der Waals surface area (Å²) in [5.74, 6) is -0.125. The van der Waals surface area contributed by atoms with Gasteiger partial charge < -0.3 is 10.2 Å². The molecule has 0 saturated carbocycles. The summed E-state index contributed by atoms with van der Waals surface area (Å²) in [5, 5.41) is 2.94. The van der Waals surface area contributed by atoms with Crippen LogP contribution in [-0.2, 0) is 11.3 Å². The van der Waals surface area contributed by atoms with Crippen LogP contribution in [0.5, 0.6) is 0 Å². The van der Waals surface area contributed by atoms with Crippen LogP contribution in [0, 0.1) is 0 Å². The van der Waals surface area contributed by atoms with E-state index in [9.17, 15) is 4.79 Å². The first-order valence-corrected chi connectivity index (χ1v) is 6.23. The molecule has 18 heavy (non-hydrogen) atoms. The van der Waals surface area contributed by atoms with Gasteiger partial charge in [-0.15, -0.1) is 0 Å². The van der Waals surface area contributed by atoms with Crippen LogP contribution < -0.4 is 5.32 Å². The maximum absolute atomic E-state index is 11.4. The van der Waals surface area contributed by atoms with Gasteiger partial charge in [0.25, 0.3) is 0 Å². The molecule has 0 radical (unpaired) electrons. The van der Waals surface area contributed by atoms with E-state index in [2.05, 4.69) is 41.9 Å². The van der Waals surface area contributed by atoms with Crippen LogP contribution in [0.1, 0.15) is 30.5 Å². The Morgan fingerprint density at radius 3 is 2.78 bits per heavy atom. The fourth-order valence-corrected chi connectivity index (χ4v) is 1.93. The van der Waals surface area contributed by atoms with Gasteiger partial charge in [0.05, 0.1) is 6.04 Å². The summed E-state index contributed by atoms with van der Waals surface area (Å²) in [6.07, 6.45) is 2.18. The van der Waals surface area contributed by atoms with Gasteiger partial charge in [-0.2, -0.15) is 0 Å². The Labute approximate surface area is 109 Å². The maximum atomic E-state index is 11.4. The molecule has 0 heterocycles. The summed E-state index contributed by atoms with van der Waals surface area (Å²) < 4.78 is 0. The van der Waals surface area contributed by atoms with Crippen LogP contribution in [0.2, 0.25) is 0 Å². The number of carbonyl (C=O) groups excluding carboxylic acids is 1. The SMILES string of the molecule is C=CC(=O)NC(CC)c1cccc(CN(C)C)c1. The largest absolute Gasteiger partial charge is 0.346 e. The van der Waals surface area contributed by atoms with Crippen molar-refractivity contribution in [2.75, 3.05) is 14.1 Å². The molecule has 0 aliphatic rings. The van der Waals surface area contributed by atoms with Crippen LogP contribution in [0.3, 0.4) is 0 Å². The molecule has 0 bridgehead atoms. The van der Waals surface area contributed by atoms with Crippen molar-refractivity contribution in [3.63, 3.8) is 0 Å². The Kier molecular flexibility index (Phi) is 5.59. The molecule has 1 unspecified atom stereocenters. The zero-order chi connectivity index (χ0) is 13.5. The van der Waals surface area contributed by atoms with Gasteiger partial charge in [0, 0.05) is 6.54 Å². The molecule has 1 aromatic carbocycles. The van der Waals surface area contributed by atoms with Crippen molar-refractivity contribution >= 4 is 5.91 Å². The number of hydrogen-bond donors (Lipinski definition) is 1. The second-order valence-electron chi connectivity index (χ2n) is 4.66. The van der Waals surface area contributed by atoms with E-state index in [1.807, 2.05) is 20.2 Å². The number of nitrogens with one attached hydrogen (secondary N) is 1. The fraction of sp³-hybridized carbons (Fsp3) is 0.400. The monoisotopic (exact) mass is 246 g/mol. The smallest absolute Gasteiger partial charge is 0.243 e. The van der Waals surface area contributed by atoms with Crippen molar-refractivity contribution in [2.24, 2.45) is 0 Å². The molecule has 0 fully saturated rings. The van der Waals surface area contributed by atoms with Gasteiger partial charge in [-0.3, -0.25) is 4.79 Å². The molecular formula is C15H22N2O. The summed E-state index contributed by atoms with van der Waals surface area (Å²) in [6, 6.07) is 8.40. The lowest BCUT2D eigenvalue weighted by atomic mass is 10.0. The van der Waals surface area contributed by atoms with Crippen molar-refractivity contribution in [2.45, 2.75) is 25.9 Å². The van der Waals surface area contributed by atoms with E-state index < -0.39 is 0 Å². The minimum atomic E-state index is -0.125. The molecule has 1 N–H and O–H groups in total. The second kappa shape index (κ2) is 6.97. The van der Waals surface area contributed by atoms with Crippen molar-refractivity contribution in [3.8, 4) is 0 Å². The third-order valence-electron chi connectivity index (χ3n) is 2.76. The topological polar surface area (TPSA) is 32.3 Å². The lowest BCUT2D eigenvalue weighted by Gasteiger charge is -2.18. The van der Waals surface area contributed by atoms with Gasteiger partial charge in [-0.1, -0.05) is 37.8 Å². The van der Waals surface area contributed by atoms with Crippen LogP contribution in [-0.4, -0.2) is 24.9 Å². The number of carbonyl (C=O) groups is 1. The molecule has 0 aliphatic heterocycles. The zero-order valence-electron chi connectivity index (χ0n) is 11.4. The molecule has 1 amide bonds. The molecule has 1 rings (SSSR count). The molecule has 98 valence electrons.